The van der Waals surface area contributed by atoms with Gasteiger partial charge in [-0.3, -0.25) is 18.7 Å². The average Bonchev–Trinajstić information content (AvgIpc) is 2.95. The van der Waals surface area contributed by atoms with Crippen LogP contribution in [-0.2, 0) is 38.7 Å². The lowest BCUT2D eigenvalue weighted by molar-refractivity contribution is 0.0408. The fourth-order valence-electron chi connectivity index (χ4n) is 3.98. The molecule has 0 radical (unpaired) electrons. The van der Waals surface area contributed by atoms with Crippen molar-refractivity contribution < 1.29 is 64.3 Å². The van der Waals surface area contributed by atoms with Crippen LogP contribution in [0.15, 0.2) is 76.1 Å². The molecule has 19 heteroatoms. The Hall–Kier alpha value is -2.59. The maximum atomic E-state index is 13.9. The molecule has 3 aromatic carbocycles. The van der Waals surface area contributed by atoms with E-state index in [2.05, 4.69) is 15.9 Å². The molecule has 0 amide bonds. The van der Waals surface area contributed by atoms with Crippen molar-refractivity contribution >= 4 is 52.7 Å². The van der Waals surface area contributed by atoms with Crippen LogP contribution in [0.25, 0.3) is 0 Å². The molecule has 4 N–H and O–H groups in total. The topological polar surface area (TPSA) is 187 Å². The average molecular weight is 760 g/mol. The standard InChI is InChI=1S/C26H24BrF4NO10P2S/c1-2-18-13-21(27)11-12-22(18)45(41,42)32(14-16-3-7-19(8-4-16)23(33)25(28,29)43(35,36)37)15-17-5-9-20(10-6-17)24(34)26(30,31)44(38,39)40/h3-13H,2,14-15H2,1H3,(H2,35,36,37)(H2,38,39,40). The number of aryl methyl sites for hydroxylation is 1. The van der Waals surface area contributed by atoms with Gasteiger partial charge in [0.2, 0.25) is 21.6 Å². The molecular weight excluding hydrogens is 736 g/mol. The molecule has 0 aromatic heterocycles. The van der Waals surface area contributed by atoms with E-state index in [0.717, 1.165) is 52.8 Å². The van der Waals surface area contributed by atoms with E-state index >= 15 is 0 Å². The Morgan fingerprint density at radius 3 is 1.47 bits per heavy atom. The first-order valence-electron chi connectivity index (χ1n) is 12.5. The van der Waals surface area contributed by atoms with Gasteiger partial charge in [0.15, 0.2) is 0 Å². The van der Waals surface area contributed by atoms with Gasteiger partial charge in [-0.2, -0.15) is 21.9 Å². The summed E-state index contributed by atoms with van der Waals surface area (Å²) in [6, 6.07) is 12.1. The van der Waals surface area contributed by atoms with Gasteiger partial charge in [0.05, 0.1) is 4.90 Å². The van der Waals surface area contributed by atoms with E-state index in [1.54, 1.807) is 13.0 Å². The number of hydrogen-bond acceptors (Lipinski definition) is 6. The van der Waals surface area contributed by atoms with Crippen LogP contribution in [0.1, 0.15) is 44.3 Å². The van der Waals surface area contributed by atoms with Crippen LogP contribution in [0.2, 0.25) is 0 Å². The largest absolute Gasteiger partial charge is 0.407 e. The highest BCUT2D eigenvalue weighted by Gasteiger charge is 2.56. The van der Waals surface area contributed by atoms with E-state index in [0.29, 0.717) is 10.0 Å². The normalized spacial score (nSPS) is 13.2. The molecule has 0 fully saturated rings. The Kier molecular flexibility index (Phi) is 10.9. The van der Waals surface area contributed by atoms with Crippen molar-refractivity contribution in [1.82, 2.24) is 4.31 Å². The Bertz CT molecular complexity index is 1720. The molecule has 0 bridgehead atoms. The van der Waals surface area contributed by atoms with Gasteiger partial charge in [-0.1, -0.05) is 71.4 Å². The first kappa shape index (κ1) is 36.9. The SMILES string of the molecule is CCc1cc(Br)ccc1S(=O)(=O)N(Cc1ccc(C(=O)C(F)(F)P(=O)(O)O)cc1)Cc1ccc(C(=O)C(F)(F)P(=O)(O)O)cc1. The minimum absolute atomic E-state index is 0.102. The van der Waals surface area contributed by atoms with Crippen LogP contribution < -0.4 is 0 Å². The van der Waals surface area contributed by atoms with Crippen LogP contribution in [-0.4, -0.2) is 55.2 Å². The molecule has 0 aliphatic rings. The zero-order valence-electron chi connectivity index (χ0n) is 22.9. The highest BCUT2D eigenvalue weighted by atomic mass is 79.9. The van der Waals surface area contributed by atoms with E-state index in [9.17, 15) is 44.7 Å². The van der Waals surface area contributed by atoms with Gasteiger partial charge >= 0.3 is 26.5 Å². The third-order valence-corrected chi connectivity index (χ3v) is 10.7. The number of ketones is 2. The van der Waals surface area contributed by atoms with Gasteiger partial charge in [0.25, 0.3) is 0 Å². The first-order chi connectivity index (χ1) is 20.5. The molecule has 0 heterocycles. The lowest BCUT2D eigenvalue weighted by atomic mass is 10.1. The van der Waals surface area contributed by atoms with Crippen LogP contribution in [0.3, 0.4) is 0 Å². The maximum Gasteiger partial charge on any atom is 0.407 e. The van der Waals surface area contributed by atoms with Crippen LogP contribution in [0.4, 0.5) is 17.6 Å². The summed E-state index contributed by atoms with van der Waals surface area (Å²) in [5.41, 5.74) is -10.8. The lowest BCUT2D eigenvalue weighted by Crippen LogP contribution is -2.31. The highest BCUT2D eigenvalue weighted by Crippen LogP contribution is 2.55. The number of nitrogens with zero attached hydrogens (tertiary/aromatic N) is 1. The van der Waals surface area contributed by atoms with Crippen molar-refractivity contribution in [2.24, 2.45) is 0 Å². The lowest BCUT2D eigenvalue weighted by Gasteiger charge is -2.24. The predicted molar refractivity (Wildman–Crippen MR) is 155 cm³/mol. The van der Waals surface area contributed by atoms with Crippen molar-refractivity contribution in [3.8, 4) is 0 Å². The summed E-state index contributed by atoms with van der Waals surface area (Å²) in [6.45, 7) is 0.821. The third-order valence-electron chi connectivity index (χ3n) is 6.45. The number of hydrogen-bond donors (Lipinski definition) is 4. The van der Waals surface area contributed by atoms with Gasteiger partial charge < -0.3 is 19.6 Å². The monoisotopic (exact) mass is 759 g/mol. The smallest absolute Gasteiger partial charge is 0.320 e. The van der Waals surface area contributed by atoms with Gasteiger partial charge in [0, 0.05) is 28.7 Å². The molecule has 45 heavy (non-hydrogen) atoms. The number of rotatable bonds is 13. The summed E-state index contributed by atoms with van der Waals surface area (Å²) in [6.07, 6.45) is 0.289. The summed E-state index contributed by atoms with van der Waals surface area (Å²) in [5, 5.41) is 0. The van der Waals surface area contributed by atoms with E-state index < -0.39 is 72.3 Å². The Morgan fingerprint density at radius 1 is 0.756 bits per heavy atom. The summed E-state index contributed by atoms with van der Waals surface area (Å²) >= 11 is 3.27. The summed E-state index contributed by atoms with van der Waals surface area (Å²) in [7, 11) is -16.6. The summed E-state index contributed by atoms with van der Waals surface area (Å²) in [5.74, 6) is -4.29. The van der Waals surface area contributed by atoms with Crippen molar-refractivity contribution in [3.63, 3.8) is 0 Å². The number of alkyl halides is 4. The fourth-order valence-corrected chi connectivity index (χ4v) is 6.87. The molecule has 3 aromatic rings. The van der Waals surface area contributed by atoms with Crippen molar-refractivity contribution in [2.45, 2.75) is 42.7 Å². The van der Waals surface area contributed by atoms with E-state index in [-0.39, 0.29) is 22.4 Å². The molecule has 11 nitrogen and oxygen atoms in total. The Labute approximate surface area is 262 Å². The van der Waals surface area contributed by atoms with Crippen molar-refractivity contribution in [3.05, 3.63) is 99.0 Å². The second-order valence-electron chi connectivity index (χ2n) is 9.60. The van der Waals surface area contributed by atoms with E-state index in [1.807, 2.05) is 0 Å². The molecule has 0 saturated heterocycles. The van der Waals surface area contributed by atoms with E-state index in [1.165, 1.54) is 12.1 Å². The van der Waals surface area contributed by atoms with Crippen molar-refractivity contribution in [1.29, 1.82) is 0 Å². The zero-order chi connectivity index (χ0) is 34.2. The van der Waals surface area contributed by atoms with Gasteiger partial charge in [-0.15, -0.1) is 0 Å². The molecule has 0 atom stereocenters. The van der Waals surface area contributed by atoms with Gasteiger partial charge in [0.1, 0.15) is 0 Å². The predicted octanol–water partition coefficient (Wildman–Crippen LogP) is 5.31. The van der Waals surface area contributed by atoms with Crippen LogP contribution >= 0.6 is 31.1 Å². The number of sulfonamides is 1. The summed E-state index contributed by atoms with van der Waals surface area (Å²) < 4.78 is 107. The second-order valence-corrected chi connectivity index (χ2v) is 15.7. The number of Topliss-reactive ketones (excluding diaryl/α,β-unsaturated/α-hetero) is 2. The third kappa shape index (κ3) is 7.87. The highest BCUT2D eigenvalue weighted by molar-refractivity contribution is 9.10. The van der Waals surface area contributed by atoms with Gasteiger partial charge in [-0.25, -0.2) is 8.42 Å². The zero-order valence-corrected chi connectivity index (χ0v) is 27.0. The number of carbonyl (C=O) groups is 2. The number of benzene rings is 3. The molecular formula is C26H24BrF4NO10P2S. The quantitative estimate of drug-likeness (QED) is 0.101. The van der Waals surface area contributed by atoms with Crippen molar-refractivity contribution in [2.75, 3.05) is 0 Å². The maximum absolute atomic E-state index is 13.9. The molecule has 244 valence electrons. The number of halogens is 5. The van der Waals surface area contributed by atoms with Gasteiger partial charge in [-0.05, 0) is 41.3 Å². The minimum Gasteiger partial charge on any atom is -0.320 e. The fraction of sp³-hybridized carbons (Fsp3) is 0.231. The summed E-state index contributed by atoms with van der Waals surface area (Å²) in [4.78, 5) is 59.4. The Balaban J connectivity index is 2.01. The molecule has 0 unspecified atom stereocenters. The molecule has 0 saturated carbocycles. The minimum atomic E-state index is -6.13. The second kappa shape index (κ2) is 13.3. The van der Waals surface area contributed by atoms with Crippen LogP contribution in [0.5, 0.6) is 0 Å². The molecule has 3 rings (SSSR count). The van der Waals surface area contributed by atoms with Crippen LogP contribution in [0, 0.1) is 0 Å². The number of carbonyl (C=O) groups excluding carboxylic acids is 2. The molecule has 0 spiro atoms. The molecule has 0 aliphatic carbocycles. The first-order valence-corrected chi connectivity index (χ1v) is 17.9. The molecule has 0 aliphatic heterocycles. The van der Waals surface area contributed by atoms with E-state index in [4.69, 9.17) is 19.6 Å². The Morgan fingerprint density at radius 2 is 1.13 bits per heavy atom.